The third-order valence-corrected chi connectivity index (χ3v) is 2.85. The smallest absolute Gasteiger partial charge is 0.243 e. The molecule has 0 unspecified atom stereocenters. The molecule has 0 bridgehead atoms. The van der Waals surface area contributed by atoms with Crippen LogP contribution in [0.2, 0.25) is 0 Å². The molecule has 0 aliphatic heterocycles. The second-order valence-corrected chi connectivity index (χ2v) is 5.17. The number of nitrogens with one attached hydrogen (secondary N) is 1. The van der Waals surface area contributed by atoms with E-state index in [-0.39, 0.29) is 0 Å². The molecule has 0 atom stereocenters. The number of rotatable bonds is 7. The SMILES string of the molecule is Cc1ccc2nc(NCCOCCC(C)C)nn2c1. The summed E-state index contributed by atoms with van der Waals surface area (Å²) < 4.78 is 7.32. The lowest BCUT2D eigenvalue weighted by molar-refractivity contribution is 0.132. The number of hydrogen-bond donors (Lipinski definition) is 1. The Morgan fingerprint density at radius 1 is 1.32 bits per heavy atom. The highest BCUT2D eigenvalue weighted by Gasteiger charge is 2.02. The van der Waals surface area contributed by atoms with E-state index in [2.05, 4.69) is 29.2 Å². The van der Waals surface area contributed by atoms with Crippen molar-refractivity contribution >= 4 is 11.6 Å². The highest BCUT2D eigenvalue weighted by molar-refractivity contribution is 5.43. The Morgan fingerprint density at radius 2 is 2.16 bits per heavy atom. The van der Waals surface area contributed by atoms with E-state index >= 15 is 0 Å². The number of hydrogen-bond acceptors (Lipinski definition) is 4. The van der Waals surface area contributed by atoms with E-state index in [0.29, 0.717) is 18.5 Å². The van der Waals surface area contributed by atoms with Crippen molar-refractivity contribution in [2.24, 2.45) is 5.92 Å². The molecule has 0 fully saturated rings. The van der Waals surface area contributed by atoms with Gasteiger partial charge in [-0.15, -0.1) is 5.10 Å². The van der Waals surface area contributed by atoms with Gasteiger partial charge in [0, 0.05) is 19.3 Å². The molecule has 2 aromatic rings. The maximum atomic E-state index is 5.53. The van der Waals surface area contributed by atoms with Crippen molar-refractivity contribution in [1.29, 1.82) is 0 Å². The largest absolute Gasteiger partial charge is 0.380 e. The third-order valence-electron chi connectivity index (χ3n) is 2.85. The van der Waals surface area contributed by atoms with Gasteiger partial charge in [-0.1, -0.05) is 19.9 Å². The van der Waals surface area contributed by atoms with Gasteiger partial charge in [-0.25, -0.2) is 4.52 Å². The van der Waals surface area contributed by atoms with Gasteiger partial charge in [0.2, 0.25) is 5.95 Å². The minimum atomic E-state index is 0.651. The van der Waals surface area contributed by atoms with E-state index in [1.54, 1.807) is 4.52 Å². The van der Waals surface area contributed by atoms with Crippen LogP contribution in [0.3, 0.4) is 0 Å². The molecule has 0 amide bonds. The van der Waals surface area contributed by atoms with Crippen LogP contribution in [0.5, 0.6) is 0 Å². The zero-order valence-corrected chi connectivity index (χ0v) is 11.9. The van der Waals surface area contributed by atoms with E-state index in [9.17, 15) is 0 Å². The second kappa shape index (κ2) is 6.52. The Bertz CT molecular complexity index is 521. The Hall–Kier alpha value is -1.62. The molecular formula is C14H22N4O. The highest BCUT2D eigenvalue weighted by atomic mass is 16.5. The molecular weight excluding hydrogens is 240 g/mol. The standard InChI is InChI=1S/C14H22N4O/c1-11(2)6-8-19-9-7-15-14-16-13-5-4-12(3)10-18(13)17-14/h4-5,10-11H,6-9H2,1-3H3,(H,15,17). The summed E-state index contributed by atoms with van der Waals surface area (Å²) in [7, 11) is 0. The van der Waals surface area contributed by atoms with Crippen molar-refractivity contribution in [1.82, 2.24) is 14.6 Å². The fourth-order valence-corrected chi connectivity index (χ4v) is 1.72. The fourth-order valence-electron chi connectivity index (χ4n) is 1.72. The van der Waals surface area contributed by atoms with Crippen LogP contribution in [0.4, 0.5) is 5.95 Å². The van der Waals surface area contributed by atoms with Gasteiger partial charge in [0.25, 0.3) is 0 Å². The number of nitrogens with zero attached hydrogens (tertiary/aromatic N) is 3. The molecule has 2 rings (SSSR count). The second-order valence-electron chi connectivity index (χ2n) is 5.17. The van der Waals surface area contributed by atoms with Crippen LogP contribution in [-0.4, -0.2) is 34.4 Å². The van der Waals surface area contributed by atoms with E-state index in [1.165, 1.54) is 5.56 Å². The number of pyridine rings is 1. The first kappa shape index (κ1) is 13.8. The van der Waals surface area contributed by atoms with Crippen molar-refractivity contribution < 1.29 is 4.74 Å². The van der Waals surface area contributed by atoms with E-state index < -0.39 is 0 Å². The van der Waals surface area contributed by atoms with Crippen LogP contribution in [0.15, 0.2) is 18.3 Å². The molecule has 0 saturated heterocycles. The third kappa shape index (κ3) is 4.21. The summed E-state index contributed by atoms with van der Waals surface area (Å²) in [5.41, 5.74) is 2.02. The number of aromatic nitrogens is 3. The number of anilines is 1. The molecule has 104 valence electrons. The number of aryl methyl sites for hydroxylation is 1. The number of ether oxygens (including phenoxy) is 1. The van der Waals surface area contributed by atoms with Crippen LogP contribution >= 0.6 is 0 Å². The number of fused-ring (bicyclic) bond motifs is 1. The van der Waals surface area contributed by atoms with Gasteiger partial charge in [0.1, 0.15) is 0 Å². The van der Waals surface area contributed by atoms with Crippen LogP contribution in [0.25, 0.3) is 5.65 Å². The molecule has 2 heterocycles. The summed E-state index contributed by atoms with van der Waals surface area (Å²) in [5.74, 6) is 1.34. The molecule has 0 spiro atoms. The van der Waals surface area contributed by atoms with Crippen molar-refractivity contribution in [2.75, 3.05) is 25.1 Å². The minimum absolute atomic E-state index is 0.651. The van der Waals surface area contributed by atoms with Crippen molar-refractivity contribution in [2.45, 2.75) is 27.2 Å². The quantitative estimate of drug-likeness (QED) is 0.779. The monoisotopic (exact) mass is 262 g/mol. The van der Waals surface area contributed by atoms with E-state index in [1.807, 2.05) is 25.3 Å². The van der Waals surface area contributed by atoms with Gasteiger partial charge in [0.05, 0.1) is 6.61 Å². The van der Waals surface area contributed by atoms with Gasteiger partial charge in [-0.05, 0) is 30.9 Å². The Morgan fingerprint density at radius 3 is 2.95 bits per heavy atom. The van der Waals surface area contributed by atoms with Crippen LogP contribution in [-0.2, 0) is 4.74 Å². The molecule has 5 heteroatoms. The fraction of sp³-hybridized carbons (Fsp3) is 0.571. The van der Waals surface area contributed by atoms with Crippen LogP contribution < -0.4 is 5.32 Å². The maximum absolute atomic E-state index is 5.53. The summed E-state index contributed by atoms with van der Waals surface area (Å²) in [6.07, 6.45) is 3.07. The lowest BCUT2D eigenvalue weighted by Gasteiger charge is -2.06. The first-order valence-corrected chi connectivity index (χ1v) is 6.80. The maximum Gasteiger partial charge on any atom is 0.243 e. The molecule has 0 aliphatic carbocycles. The van der Waals surface area contributed by atoms with Gasteiger partial charge in [-0.3, -0.25) is 0 Å². The van der Waals surface area contributed by atoms with Gasteiger partial charge >= 0.3 is 0 Å². The summed E-state index contributed by atoms with van der Waals surface area (Å²) >= 11 is 0. The van der Waals surface area contributed by atoms with Crippen molar-refractivity contribution in [3.05, 3.63) is 23.9 Å². The molecule has 5 nitrogen and oxygen atoms in total. The average molecular weight is 262 g/mol. The molecule has 0 radical (unpaired) electrons. The van der Waals surface area contributed by atoms with Crippen molar-refractivity contribution in [3.8, 4) is 0 Å². The first-order chi connectivity index (χ1) is 9.15. The predicted molar refractivity (Wildman–Crippen MR) is 76.5 cm³/mol. The average Bonchev–Trinajstić information content (AvgIpc) is 2.75. The predicted octanol–water partition coefficient (Wildman–Crippen LogP) is 2.51. The Kier molecular flexibility index (Phi) is 4.74. The van der Waals surface area contributed by atoms with Crippen LogP contribution in [0, 0.1) is 12.8 Å². The van der Waals surface area contributed by atoms with E-state index in [4.69, 9.17) is 4.74 Å². The van der Waals surface area contributed by atoms with Gasteiger partial charge in [0.15, 0.2) is 5.65 Å². The summed E-state index contributed by atoms with van der Waals surface area (Å²) in [6.45, 7) is 8.66. The zero-order chi connectivity index (χ0) is 13.7. The minimum Gasteiger partial charge on any atom is -0.380 e. The summed E-state index contributed by atoms with van der Waals surface area (Å²) in [6, 6.07) is 4.00. The Labute approximate surface area is 114 Å². The summed E-state index contributed by atoms with van der Waals surface area (Å²) in [4.78, 5) is 4.39. The normalized spacial score (nSPS) is 11.4. The Balaban J connectivity index is 1.75. The van der Waals surface area contributed by atoms with E-state index in [0.717, 1.165) is 25.2 Å². The van der Waals surface area contributed by atoms with Crippen molar-refractivity contribution in [3.63, 3.8) is 0 Å². The summed E-state index contributed by atoms with van der Waals surface area (Å²) in [5, 5.41) is 7.53. The molecule has 0 aromatic carbocycles. The topological polar surface area (TPSA) is 51.5 Å². The molecule has 1 N–H and O–H groups in total. The molecule has 19 heavy (non-hydrogen) atoms. The highest BCUT2D eigenvalue weighted by Crippen LogP contribution is 2.06. The lowest BCUT2D eigenvalue weighted by Crippen LogP contribution is -2.11. The lowest BCUT2D eigenvalue weighted by atomic mass is 10.1. The molecule has 2 aromatic heterocycles. The zero-order valence-electron chi connectivity index (χ0n) is 11.9. The first-order valence-electron chi connectivity index (χ1n) is 6.80. The van der Waals surface area contributed by atoms with Gasteiger partial charge < -0.3 is 10.1 Å². The van der Waals surface area contributed by atoms with Crippen LogP contribution in [0.1, 0.15) is 25.8 Å². The van der Waals surface area contributed by atoms with Gasteiger partial charge in [-0.2, -0.15) is 4.98 Å². The molecule has 0 aliphatic rings. The molecule has 0 saturated carbocycles.